The van der Waals surface area contributed by atoms with Crippen LogP contribution < -0.4 is 5.01 Å². The molecule has 1 aliphatic heterocycles. The average molecular weight is 332 g/mol. The highest BCUT2D eigenvalue weighted by molar-refractivity contribution is 6.34. The topological polar surface area (TPSA) is 32.7 Å². The van der Waals surface area contributed by atoms with Crippen LogP contribution in [0, 0.1) is 0 Å². The Morgan fingerprint density at radius 3 is 2.08 bits per heavy atom. The molecule has 0 saturated heterocycles. The van der Waals surface area contributed by atoms with Crippen molar-refractivity contribution >= 4 is 22.9 Å². The van der Waals surface area contributed by atoms with Gasteiger partial charge in [0.2, 0.25) is 0 Å². The monoisotopic (exact) mass is 332 g/mol. The Kier molecular flexibility index (Phi) is 6.47. The number of allylic oxidation sites excluding steroid dienone is 3. The second kappa shape index (κ2) is 8.78. The van der Waals surface area contributed by atoms with Crippen LogP contribution in [0.5, 0.6) is 0 Å². The SMILES string of the molecule is CC.CC=C/C(=C1/C(=O)N(c2ccccc2)N=C1C)c1ccccc1. The fourth-order valence-corrected chi connectivity index (χ4v) is 2.67. The van der Waals surface area contributed by atoms with Gasteiger partial charge in [-0.05, 0) is 37.1 Å². The highest BCUT2D eigenvalue weighted by Gasteiger charge is 2.31. The minimum atomic E-state index is -0.0920. The van der Waals surface area contributed by atoms with E-state index in [1.54, 1.807) is 0 Å². The molecule has 0 atom stereocenters. The molecule has 0 aromatic heterocycles. The number of nitrogens with zero attached hydrogens (tertiary/aromatic N) is 2. The Hall–Kier alpha value is -2.94. The number of rotatable bonds is 3. The maximum atomic E-state index is 12.9. The summed E-state index contributed by atoms with van der Waals surface area (Å²) < 4.78 is 0. The molecule has 2 aromatic rings. The highest BCUT2D eigenvalue weighted by atomic mass is 16.2. The molecular formula is C22H24N2O. The van der Waals surface area contributed by atoms with Crippen molar-refractivity contribution in [2.24, 2.45) is 5.10 Å². The lowest BCUT2D eigenvalue weighted by atomic mass is 9.96. The number of benzene rings is 2. The molecule has 0 unspecified atom stereocenters. The molecule has 0 aliphatic carbocycles. The number of hydrazone groups is 1. The van der Waals surface area contributed by atoms with Gasteiger partial charge in [-0.2, -0.15) is 10.1 Å². The van der Waals surface area contributed by atoms with Crippen LogP contribution in [-0.4, -0.2) is 11.6 Å². The Bertz CT molecular complexity index is 802. The van der Waals surface area contributed by atoms with Crippen molar-refractivity contribution in [3.8, 4) is 0 Å². The fourth-order valence-electron chi connectivity index (χ4n) is 2.67. The summed E-state index contributed by atoms with van der Waals surface area (Å²) >= 11 is 0. The summed E-state index contributed by atoms with van der Waals surface area (Å²) in [6.45, 7) is 7.83. The highest BCUT2D eigenvalue weighted by Crippen LogP contribution is 2.29. The predicted molar refractivity (Wildman–Crippen MR) is 107 cm³/mol. The molecule has 3 rings (SSSR count). The van der Waals surface area contributed by atoms with Crippen LogP contribution in [0.3, 0.4) is 0 Å². The van der Waals surface area contributed by atoms with E-state index in [4.69, 9.17) is 0 Å². The second-order valence-electron chi connectivity index (χ2n) is 5.29. The Morgan fingerprint density at radius 2 is 1.52 bits per heavy atom. The van der Waals surface area contributed by atoms with Crippen LogP contribution >= 0.6 is 0 Å². The van der Waals surface area contributed by atoms with Crippen molar-refractivity contribution in [1.82, 2.24) is 0 Å². The summed E-state index contributed by atoms with van der Waals surface area (Å²) in [4.78, 5) is 12.9. The maximum Gasteiger partial charge on any atom is 0.281 e. The van der Waals surface area contributed by atoms with E-state index in [2.05, 4.69) is 5.10 Å². The van der Waals surface area contributed by atoms with Gasteiger partial charge in [0.05, 0.1) is 17.0 Å². The Balaban J connectivity index is 0.00000109. The number of carbonyl (C=O) groups is 1. The van der Waals surface area contributed by atoms with Gasteiger partial charge in [-0.1, -0.05) is 74.5 Å². The number of carbonyl (C=O) groups excluding carboxylic acids is 1. The molecular weight excluding hydrogens is 308 g/mol. The Morgan fingerprint density at radius 1 is 0.960 bits per heavy atom. The minimum Gasteiger partial charge on any atom is -0.267 e. The van der Waals surface area contributed by atoms with E-state index in [0.717, 1.165) is 22.5 Å². The van der Waals surface area contributed by atoms with Gasteiger partial charge in [-0.3, -0.25) is 4.79 Å². The van der Waals surface area contributed by atoms with E-state index in [-0.39, 0.29) is 5.91 Å². The van der Waals surface area contributed by atoms with Crippen molar-refractivity contribution in [3.05, 3.63) is 84.0 Å². The molecule has 128 valence electrons. The molecule has 3 heteroatoms. The third kappa shape index (κ3) is 3.94. The van der Waals surface area contributed by atoms with Crippen LogP contribution in [0.2, 0.25) is 0 Å². The van der Waals surface area contributed by atoms with Gasteiger partial charge in [0.25, 0.3) is 5.91 Å². The summed E-state index contributed by atoms with van der Waals surface area (Å²) in [5, 5.41) is 5.93. The lowest BCUT2D eigenvalue weighted by Gasteiger charge is -2.12. The summed E-state index contributed by atoms with van der Waals surface area (Å²) in [7, 11) is 0. The van der Waals surface area contributed by atoms with Crippen LogP contribution in [0.4, 0.5) is 5.69 Å². The van der Waals surface area contributed by atoms with E-state index in [9.17, 15) is 4.79 Å². The smallest absolute Gasteiger partial charge is 0.267 e. The summed E-state index contributed by atoms with van der Waals surface area (Å²) in [6.07, 6.45) is 3.91. The van der Waals surface area contributed by atoms with Gasteiger partial charge < -0.3 is 0 Å². The summed E-state index contributed by atoms with van der Waals surface area (Å²) in [6, 6.07) is 19.4. The Labute approximate surface area is 150 Å². The van der Waals surface area contributed by atoms with E-state index < -0.39 is 0 Å². The molecule has 0 saturated carbocycles. The molecule has 3 nitrogen and oxygen atoms in total. The number of anilines is 1. The zero-order chi connectivity index (χ0) is 18.2. The van der Waals surface area contributed by atoms with Crippen LogP contribution in [0.15, 0.2) is 83.5 Å². The zero-order valence-corrected chi connectivity index (χ0v) is 15.2. The molecule has 1 aliphatic rings. The van der Waals surface area contributed by atoms with Crippen LogP contribution in [0.25, 0.3) is 5.57 Å². The van der Waals surface area contributed by atoms with Crippen LogP contribution in [-0.2, 0) is 4.79 Å². The molecule has 0 bridgehead atoms. The first-order valence-corrected chi connectivity index (χ1v) is 8.60. The number of hydrogen-bond donors (Lipinski definition) is 0. The zero-order valence-electron chi connectivity index (χ0n) is 15.2. The first-order valence-electron chi connectivity index (χ1n) is 8.60. The molecule has 0 radical (unpaired) electrons. The van der Waals surface area contributed by atoms with Gasteiger partial charge >= 0.3 is 0 Å². The molecule has 1 heterocycles. The van der Waals surface area contributed by atoms with E-state index in [0.29, 0.717) is 5.57 Å². The predicted octanol–water partition coefficient (Wildman–Crippen LogP) is 5.47. The lowest BCUT2D eigenvalue weighted by Crippen LogP contribution is -2.21. The van der Waals surface area contributed by atoms with E-state index in [1.807, 2.05) is 101 Å². The van der Waals surface area contributed by atoms with Gasteiger partial charge in [-0.25, -0.2) is 0 Å². The van der Waals surface area contributed by atoms with E-state index >= 15 is 0 Å². The number of para-hydroxylation sites is 1. The maximum absolute atomic E-state index is 12.9. The van der Waals surface area contributed by atoms with Crippen molar-refractivity contribution < 1.29 is 4.79 Å². The fraction of sp³-hybridized carbons (Fsp3) is 0.182. The van der Waals surface area contributed by atoms with E-state index in [1.165, 1.54) is 5.01 Å². The van der Waals surface area contributed by atoms with Crippen LogP contribution in [0.1, 0.15) is 33.3 Å². The first kappa shape index (κ1) is 18.4. The molecule has 0 spiro atoms. The number of hydrogen-bond acceptors (Lipinski definition) is 2. The largest absolute Gasteiger partial charge is 0.281 e. The van der Waals surface area contributed by atoms with Gasteiger partial charge in [0.15, 0.2) is 0 Å². The van der Waals surface area contributed by atoms with Gasteiger partial charge in [0, 0.05) is 0 Å². The summed E-state index contributed by atoms with van der Waals surface area (Å²) in [5.41, 5.74) is 4.07. The minimum absolute atomic E-state index is 0.0920. The van der Waals surface area contributed by atoms with Crippen molar-refractivity contribution in [1.29, 1.82) is 0 Å². The van der Waals surface area contributed by atoms with Gasteiger partial charge in [-0.15, -0.1) is 0 Å². The third-order valence-corrected chi connectivity index (χ3v) is 3.71. The lowest BCUT2D eigenvalue weighted by molar-refractivity contribution is -0.114. The molecule has 0 N–H and O–H groups in total. The normalized spacial score (nSPS) is 15.8. The third-order valence-electron chi connectivity index (χ3n) is 3.71. The summed E-state index contributed by atoms with van der Waals surface area (Å²) in [5.74, 6) is -0.0920. The van der Waals surface area contributed by atoms with Gasteiger partial charge in [0.1, 0.15) is 0 Å². The van der Waals surface area contributed by atoms with Crippen molar-refractivity contribution in [3.63, 3.8) is 0 Å². The molecule has 0 fully saturated rings. The number of amides is 1. The average Bonchev–Trinajstić information content (AvgIpc) is 2.97. The quantitative estimate of drug-likeness (QED) is 0.686. The standard InChI is InChI=1S/C20H18N2O.C2H6/c1-3-10-18(16-11-6-4-7-12-16)19-15(2)21-22(20(19)23)17-13-8-5-9-14-17;1-2/h3-14H,1-2H3;1-2H3/b10-3?,19-18-;. The molecule has 1 amide bonds. The molecule has 25 heavy (non-hydrogen) atoms. The van der Waals surface area contributed by atoms with Crippen molar-refractivity contribution in [2.75, 3.05) is 5.01 Å². The molecule has 2 aromatic carbocycles. The van der Waals surface area contributed by atoms with Crippen molar-refractivity contribution in [2.45, 2.75) is 27.7 Å². The first-order chi connectivity index (χ1) is 12.2. The second-order valence-corrected chi connectivity index (χ2v) is 5.29.